The number of H-pyrrole nitrogens is 1. The van der Waals surface area contributed by atoms with Crippen LogP contribution in [0.3, 0.4) is 0 Å². The van der Waals surface area contributed by atoms with Crippen LogP contribution in [-0.2, 0) is 22.6 Å². The number of nitrogens with zero attached hydrogens (tertiary/aromatic N) is 3. The Hall–Kier alpha value is -3.14. The minimum atomic E-state index is -0.356. The molecule has 2 aromatic heterocycles. The molecule has 9 nitrogen and oxygen atoms in total. The van der Waals surface area contributed by atoms with Gasteiger partial charge in [-0.25, -0.2) is 4.79 Å². The van der Waals surface area contributed by atoms with E-state index in [-0.39, 0.29) is 18.1 Å². The first kappa shape index (κ1) is 20.2. The van der Waals surface area contributed by atoms with Crippen LogP contribution >= 0.6 is 11.7 Å². The number of nitrogens with one attached hydrogen (secondary N) is 2. The summed E-state index contributed by atoms with van der Waals surface area (Å²) in [6.45, 7) is 3.81. The molecule has 0 atom stereocenters. The lowest BCUT2D eigenvalue weighted by Gasteiger charge is -2.09. The summed E-state index contributed by atoms with van der Waals surface area (Å²) >= 11 is 1.18. The third kappa shape index (κ3) is 5.68. The molecule has 142 valence electrons. The van der Waals surface area contributed by atoms with Gasteiger partial charge in [0.2, 0.25) is 5.91 Å². The van der Waals surface area contributed by atoms with Gasteiger partial charge in [-0.2, -0.15) is 13.7 Å². The van der Waals surface area contributed by atoms with Gasteiger partial charge in [0.25, 0.3) is 6.47 Å². The molecule has 10 heteroatoms. The van der Waals surface area contributed by atoms with Gasteiger partial charge >= 0.3 is 5.69 Å². The largest absolute Gasteiger partial charge is 0.483 e. The van der Waals surface area contributed by atoms with Crippen molar-refractivity contribution in [2.45, 2.75) is 33.2 Å². The summed E-state index contributed by atoms with van der Waals surface area (Å²) in [5, 5.41) is 9.79. The summed E-state index contributed by atoms with van der Waals surface area (Å²) in [6, 6.07) is 5.77. The number of hydrogen-bond donors (Lipinski definition) is 3. The summed E-state index contributed by atoms with van der Waals surface area (Å²) in [5.74, 6) is -0.0449. The van der Waals surface area contributed by atoms with Gasteiger partial charge in [0, 0.05) is 24.4 Å². The summed E-state index contributed by atoms with van der Waals surface area (Å²) in [5.41, 5.74) is 4.70. The van der Waals surface area contributed by atoms with Crippen molar-refractivity contribution in [2.75, 3.05) is 0 Å². The molecular formula is C17H19N5O4S. The minimum absolute atomic E-state index is 0.0449. The lowest BCUT2D eigenvalue weighted by molar-refractivity contribution is -0.123. The molecule has 0 bridgehead atoms. The number of aromatic amines is 1. The van der Waals surface area contributed by atoms with Gasteiger partial charge in [-0.1, -0.05) is 6.07 Å². The highest BCUT2D eigenvalue weighted by Crippen LogP contribution is 2.13. The highest BCUT2D eigenvalue weighted by Gasteiger charge is 2.09. The van der Waals surface area contributed by atoms with Crippen LogP contribution in [0.5, 0.6) is 0 Å². The molecule has 2 heterocycles. The Morgan fingerprint density at radius 2 is 2.00 bits per heavy atom. The first-order valence-electron chi connectivity index (χ1n) is 8.06. The van der Waals surface area contributed by atoms with Gasteiger partial charge in [0.05, 0.1) is 11.7 Å². The zero-order chi connectivity index (χ0) is 19.8. The number of carbonyl (C=O) groups excluding carboxylic acids is 1. The number of carbonyl (C=O) groups is 2. The fraction of sp³-hybridized carbons (Fsp3) is 0.294. The summed E-state index contributed by atoms with van der Waals surface area (Å²) < 4.78 is 8.34. The molecule has 0 fully saturated rings. The van der Waals surface area contributed by atoms with Crippen LogP contribution in [-0.4, -0.2) is 36.2 Å². The zero-order valence-electron chi connectivity index (χ0n) is 14.9. The number of aryl methyl sites for hydroxylation is 2. The van der Waals surface area contributed by atoms with Crippen LogP contribution in [0.25, 0.3) is 11.0 Å². The van der Waals surface area contributed by atoms with Gasteiger partial charge in [-0.05, 0) is 43.5 Å². The van der Waals surface area contributed by atoms with Crippen molar-refractivity contribution in [1.82, 2.24) is 24.0 Å². The predicted molar refractivity (Wildman–Crippen MR) is 101 cm³/mol. The fourth-order valence-corrected chi connectivity index (χ4v) is 3.11. The Morgan fingerprint density at radius 3 is 2.70 bits per heavy atom. The molecule has 0 saturated carbocycles. The maximum Gasteiger partial charge on any atom is 0.345 e. The summed E-state index contributed by atoms with van der Waals surface area (Å²) in [7, 11) is 0. The molecule has 0 aliphatic heterocycles. The molecule has 0 aliphatic carbocycles. The molecular weight excluding hydrogens is 370 g/mol. The smallest absolute Gasteiger partial charge is 0.345 e. The van der Waals surface area contributed by atoms with E-state index in [2.05, 4.69) is 24.0 Å². The molecule has 0 spiro atoms. The minimum Gasteiger partial charge on any atom is -0.483 e. The third-order valence-corrected chi connectivity index (χ3v) is 4.42. The Labute approximate surface area is 158 Å². The van der Waals surface area contributed by atoms with Crippen LogP contribution in [0.4, 0.5) is 0 Å². The fourth-order valence-electron chi connectivity index (χ4n) is 2.59. The van der Waals surface area contributed by atoms with Crippen LogP contribution in [0, 0.1) is 13.8 Å². The number of rotatable bonds is 5. The second kappa shape index (κ2) is 9.53. The van der Waals surface area contributed by atoms with Crippen molar-refractivity contribution in [3.63, 3.8) is 0 Å². The zero-order valence-corrected chi connectivity index (χ0v) is 15.7. The second-order valence-corrected chi connectivity index (χ2v) is 6.23. The number of aromatic nitrogens is 4. The average molecular weight is 389 g/mol. The van der Waals surface area contributed by atoms with E-state index in [1.54, 1.807) is 6.92 Å². The maximum absolute atomic E-state index is 12.1. The van der Waals surface area contributed by atoms with E-state index in [0.29, 0.717) is 25.1 Å². The first-order valence-corrected chi connectivity index (χ1v) is 8.79. The number of amides is 1. The highest BCUT2D eigenvalue weighted by molar-refractivity contribution is 7.00. The molecule has 1 amide bonds. The maximum atomic E-state index is 12.1. The average Bonchev–Trinajstić information content (AvgIpc) is 3.07. The van der Waals surface area contributed by atoms with E-state index in [4.69, 9.17) is 9.90 Å². The molecule has 3 aromatic rings. The van der Waals surface area contributed by atoms with Crippen molar-refractivity contribution >= 4 is 35.1 Å². The van der Waals surface area contributed by atoms with Gasteiger partial charge in [-0.15, -0.1) is 0 Å². The van der Waals surface area contributed by atoms with E-state index in [9.17, 15) is 9.59 Å². The number of benzene rings is 1. The second-order valence-electron chi connectivity index (χ2n) is 5.70. The van der Waals surface area contributed by atoms with Crippen LogP contribution < -0.4 is 11.0 Å². The van der Waals surface area contributed by atoms with Crippen molar-refractivity contribution in [1.29, 1.82) is 0 Å². The number of fused-ring (bicyclic) bond motifs is 1. The van der Waals surface area contributed by atoms with Crippen LogP contribution in [0.15, 0.2) is 23.0 Å². The van der Waals surface area contributed by atoms with Crippen molar-refractivity contribution in [3.8, 4) is 0 Å². The molecule has 3 rings (SSSR count). The molecule has 0 saturated heterocycles. The Morgan fingerprint density at radius 1 is 1.30 bits per heavy atom. The quantitative estimate of drug-likeness (QED) is 0.560. The van der Waals surface area contributed by atoms with E-state index >= 15 is 0 Å². The summed E-state index contributed by atoms with van der Waals surface area (Å²) in [6.07, 6.45) is 0.887. The molecule has 0 aliphatic rings. The van der Waals surface area contributed by atoms with Crippen LogP contribution in [0.2, 0.25) is 0 Å². The molecule has 0 unspecified atom stereocenters. The van der Waals surface area contributed by atoms with Crippen molar-refractivity contribution < 1.29 is 14.7 Å². The Bertz CT molecular complexity index is 972. The molecule has 0 radical (unpaired) electrons. The predicted octanol–water partition coefficient (Wildman–Crippen LogP) is 1.34. The number of hydrogen-bond acceptors (Lipinski definition) is 7. The van der Waals surface area contributed by atoms with E-state index in [1.807, 2.05) is 25.1 Å². The summed E-state index contributed by atoms with van der Waals surface area (Å²) in [4.78, 5) is 38.2. The standard InChI is InChI=1S/C16H17N5O2S.CH2O2/c1-9-12(10(2)19-16(23)18-9)4-6-15(22)17-8-11-3-5-13-14(7-11)21-24-20-13;2-1-3/h3,5,7H,4,6,8H2,1-2H3,(H,17,22)(H,18,19,23);1H,(H,2,3). The third-order valence-electron chi connectivity index (χ3n) is 3.86. The molecule has 1 aromatic carbocycles. The van der Waals surface area contributed by atoms with E-state index < -0.39 is 0 Å². The Balaban J connectivity index is 0.000000817. The van der Waals surface area contributed by atoms with Crippen LogP contribution in [0.1, 0.15) is 28.9 Å². The van der Waals surface area contributed by atoms with Gasteiger partial charge in [-0.3, -0.25) is 9.59 Å². The van der Waals surface area contributed by atoms with Crippen molar-refractivity contribution in [2.24, 2.45) is 0 Å². The first-order chi connectivity index (χ1) is 12.9. The molecule has 27 heavy (non-hydrogen) atoms. The molecule has 3 N–H and O–H groups in total. The normalized spacial score (nSPS) is 10.1. The lowest BCUT2D eigenvalue weighted by Crippen LogP contribution is -2.24. The monoisotopic (exact) mass is 389 g/mol. The van der Waals surface area contributed by atoms with E-state index in [0.717, 1.165) is 27.9 Å². The Kier molecular flexibility index (Phi) is 7.12. The highest BCUT2D eigenvalue weighted by atomic mass is 32.1. The lowest BCUT2D eigenvalue weighted by atomic mass is 10.1. The topological polar surface area (TPSA) is 138 Å². The van der Waals surface area contributed by atoms with E-state index in [1.165, 1.54) is 11.7 Å². The van der Waals surface area contributed by atoms with Gasteiger partial charge in [0.1, 0.15) is 11.0 Å². The van der Waals surface area contributed by atoms with Gasteiger partial charge in [0.15, 0.2) is 0 Å². The number of carboxylic acid groups (broad SMARTS) is 1. The van der Waals surface area contributed by atoms with Gasteiger partial charge < -0.3 is 15.4 Å². The SMILES string of the molecule is Cc1nc(=O)[nH]c(C)c1CCC(=O)NCc1ccc2nsnc2c1.O=CO. The van der Waals surface area contributed by atoms with Crippen molar-refractivity contribution in [3.05, 3.63) is 51.2 Å².